The van der Waals surface area contributed by atoms with Gasteiger partial charge in [0.25, 0.3) is 0 Å². The van der Waals surface area contributed by atoms with E-state index in [1.165, 1.54) is 0 Å². The van der Waals surface area contributed by atoms with E-state index >= 15 is 0 Å². The number of halogens is 1. The minimum atomic E-state index is -0.375. The maximum atomic E-state index is 12.5. The molecule has 1 N–H and O–H groups in total. The molecular weight excluding hydrogens is 328 g/mol. The number of carbonyl (C=O) groups excluding carboxylic acids is 1. The van der Waals surface area contributed by atoms with E-state index in [1.807, 2.05) is 32.0 Å². The molecule has 124 valence electrons. The van der Waals surface area contributed by atoms with E-state index in [4.69, 9.17) is 16.1 Å². The largest absolute Gasteiger partial charge is 0.361 e. The van der Waals surface area contributed by atoms with Gasteiger partial charge in [-0.05, 0) is 32.9 Å². The molecule has 7 heteroatoms. The van der Waals surface area contributed by atoms with Gasteiger partial charge < -0.3 is 9.84 Å². The van der Waals surface area contributed by atoms with E-state index < -0.39 is 0 Å². The van der Waals surface area contributed by atoms with Gasteiger partial charge in [0.05, 0.1) is 40.4 Å². The van der Waals surface area contributed by atoms with Crippen LogP contribution in [0.5, 0.6) is 0 Å². The lowest BCUT2D eigenvalue weighted by atomic mass is 9.99. The molecule has 1 atom stereocenters. The van der Waals surface area contributed by atoms with Crippen LogP contribution in [0.25, 0.3) is 5.69 Å². The van der Waals surface area contributed by atoms with Crippen LogP contribution in [0.2, 0.25) is 5.02 Å². The molecule has 0 bridgehead atoms. The van der Waals surface area contributed by atoms with Crippen molar-refractivity contribution < 1.29 is 9.32 Å². The molecule has 2 heterocycles. The zero-order valence-corrected chi connectivity index (χ0v) is 14.3. The Morgan fingerprint density at radius 3 is 2.75 bits per heavy atom. The average molecular weight is 345 g/mol. The molecule has 1 unspecified atom stereocenters. The molecule has 1 amide bonds. The van der Waals surface area contributed by atoms with Gasteiger partial charge in [0.15, 0.2) is 0 Å². The summed E-state index contributed by atoms with van der Waals surface area (Å²) >= 11 is 6.16. The summed E-state index contributed by atoms with van der Waals surface area (Å²) in [6.07, 6.45) is 3.31. The van der Waals surface area contributed by atoms with Gasteiger partial charge in [-0.3, -0.25) is 4.79 Å². The lowest BCUT2D eigenvalue weighted by Crippen LogP contribution is -2.19. The van der Waals surface area contributed by atoms with Gasteiger partial charge in [-0.25, -0.2) is 4.68 Å². The number of hydrogen-bond acceptors (Lipinski definition) is 4. The van der Waals surface area contributed by atoms with E-state index in [0.29, 0.717) is 16.5 Å². The van der Waals surface area contributed by atoms with Gasteiger partial charge in [-0.2, -0.15) is 5.10 Å². The van der Waals surface area contributed by atoms with Crippen LogP contribution >= 0.6 is 11.6 Å². The van der Waals surface area contributed by atoms with Crippen LogP contribution in [0.3, 0.4) is 0 Å². The lowest BCUT2D eigenvalue weighted by molar-refractivity contribution is -0.117. The lowest BCUT2D eigenvalue weighted by Gasteiger charge is -2.10. The fourth-order valence-corrected chi connectivity index (χ4v) is 2.87. The third kappa shape index (κ3) is 3.05. The van der Waals surface area contributed by atoms with Gasteiger partial charge in [-0.1, -0.05) is 28.9 Å². The maximum Gasteiger partial charge on any atom is 0.231 e. The normalized spacial score (nSPS) is 12.2. The van der Waals surface area contributed by atoms with Crippen molar-refractivity contribution in [2.75, 3.05) is 5.32 Å². The summed E-state index contributed by atoms with van der Waals surface area (Å²) in [4.78, 5) is 12.5. The first-order chi connectivity index (χ1) is 11.5. The Bertz CT molecular complexity index is 865. The Hall–Kier alpha value is -2.60. The second-order valence-electron chi connectivity index (χ2n) is 5.57. The van der Waals surface area contributed by atoms with E-state index in [1.54, 1.807) is 30.1 Å². The number of anilines is 1. The first kappa shape index (κ1) is 16.3. The zero-order chi connectivity index (χ0) is 17.3. The Morgan fingerprint density at radius 1 is 1.33 bits per heavy atom. The van der Waals surface area contributed by atoms with Crippen LogP contribution in [-0.4, -0.2) is 20.8 Å². The van der Waals surface area contributed by atoms with Gasteiger partial charge in [0.1, 0.15) is 5.76 Å². The number of benzene rings is 1. The van der Waals surface area contributed by atoms with Gasteiger partial charge in [0.2, 0.25) is 5.91 Å². The van der Waals surface area contributed by atoms with Gasteiger partial charge in [0, 0.05) is 5.56 Å². The second-order valence-corrected chi connectivity index (χ2v) is 5.98. The molecule has 0 saturated heterocycles. The topological polar surface area (TPSA) is 73.0 Å². The summed E-state index contributed by atoms with van der Waals surface area (Å²) in [7, 11) is 0. The van der Waals surface area contributed by atoms with Crippen molar-refractivity contribution >= 4 is 23.2 Å². The first-order valence-corrected chi connectivity index (χ1v) is 7.88. The molecule has 2 aromatic heterocycles. The molecule has 3 aromatic rings. The molecule has 0 spiro atoms. The minimum absolute atomic E-state index is 0.150. The van der Waals surface area contributed by atoms with E-state index in [0.717, 1.165) is 16.9 Å². The van der Waals surface area contributed by atoms with Crippen molar-refractivity contribution in [1.29, 1.82) is 0 Å². The van der Waals surface area contributed by atoms with Crippen LogP contribution in [-0.2, 0) is 4.79 Å². The molecule has 1 aromatic carbocycles. The number of rotatable bonds is 4. The Labute approximate surface area is 144 Å². The van der Waals surface area contributed by atoms with Crippen LogP contribution in [0, 0.1) is 13.8 Å². The molecule has 0 aliphatic rings. The second kappa shape index (κ2) is 6.49. The molecule has 0 aliphatic carbocycles. The standard InChI is InChI=1S/C17H17ClN4O2/c1-10(16-11(2)21-24-12(16)3)17(23)20-13-8-19-22(9-13)15-7-5-4-6-14(15)18/h4-10H,1-3H3,(H,20,23). The number of hydrogen-bond donors (Lipinski definition) is 1. The highest BCUT2D eigenvalue weighted by Crippen LogP contribution is 2.25. The number of aryl methyl sites for hydroxylation is 2. The van der Waals surface area contributed by atoms with Crippen LogP contribution in [0.15, 0.2) is 41.2 Å². The van der Waals surface area contributed by atoms with Crippen LogP contribution in [0.1, 0.15) is 29.9 Å². The van der Waals surface area contributed by atoms with Gasteiger partial charge >= 0.3 is 0 Å². The number of amides is 1. The molecule has 0 fully saturated rings. The van der Waals surface area contributed by atoms with Crippen molar-refractivity contribution in [1.82, 2.24) is 14.9 Å². The Morgan fingerprint density at radius 2 is 2.08 bits per heavy atom. The van der Waals surface area contributed by atoms with E-state index in [-0.39, 0.29) is 11.8 Å². The SMILES string of the molecule is Cc1noc(C)c1C(C)C(=O)Nc1cnn(-c2ccccc2Cl)c1. The summed E-state index contributed by atoms with van der Waals surface area (Å²) < 4.78 is 6.75. The molecule has 0 aliphatic heterocycles. The maximum absolute atomic E-state index is 12.5. The summed E-state index contributed by atoms with van der Waals surface area (Å²) in [5.41, 5.74) is 2.88. The van der Waals surface area contributed by atoms with Crippen molar-refractivity contribution in [2.45, 2.75) is 26.7 Å². The zero-order valence-electron chi connectivity index (χ0n) is 13.6. The smallest absolute Gasteiger partial charge is 0.231 e. The summed E-state index contributed by atoms with van der Waals surface area (Å²) in [6.45, 7) is 5.44. The van der Waals surface area contributed by atoms with E-state index in [2.05, 4.69) is 15.6 Å². The molecule has 3 rings (SSSR count). The molecule has 24 heavy (non-hydrogen) atoms. The molecule has 6 nitrogen and oxygen atoms in total. The third-order valence-corrected chi connectivity index (χ3v) is 4.18. The van der Waals surface area contributed by atoms with E-state index in [9.17, 15) is 4.79 Å². The Balaban J connectivity index is 1.78. The predicted molar refractivity (Wildman–Crippen MR) is 91.6 cm³/mol. The van der Waals surface area contributed by atoms with Crippen molar-refractivity contribution in [3.05, 3.63) is 58.7 Å². The van der Waals surface area contributed by atoms with Crippen molar-refractivity contribution in [3.8, 4) is 5.69 Å². The number of carbonyl (C=O) groups is 1. The quantitative estimate of drug-likeness (QED) is 0.779. The number of para-hydroxylation sites is 1. The summed E-state index contributed by atoms with van der Waals surface area (Å²) in [5, 5.41) is 11.6. The first-order valence-electron chi connectivity index (χ1n) is 7.50. The summed E-state index contributed by atoms with van der Waals surface area (Å²) in [6, 6.07) is 7.37. The predicted octanol–water partition coefficient (Wildman–Crippen LogP) is 3.87. The minimum Gasteiger partial charge on any atom is -0.361 e. The van der Waals surface area contributed by atoms with Crippen molar-refractivity contribution in [2.24, 2.45) is 0 Å². The monoisotopic (exact) mass is 344 g/mol. The fourth-order valence-electron chi connectivity index (χ4n) is 2.65. The molecule has 0 saturated carbocycles. The molecular formula is C17H17ClN4O2. The highest BCUT2D eigenvalue weighted by Gasteiger charge is 2.23. The number of nitrogens with one attached hydrogen (secondary N) is 1. The highest BCUT2D eigenvalue weighted by molar-refractivity contribution is 6.32. The van der Waals surface area contributed by atoms with Crippen LogP contribution < -0.4 is 5.32 Å². The van der Waals surface area contributed by atoms with Crippen molar-refractivity contribution in [3.63, 3.8) is 0 Å². The van der Waals surface area contributed by atoms with Gasteiger partial charge in [-0.15, -0.1) is 0 Å². The average Bonchev–Trinajstić information content (AvgIpc) is 3.14. The number of aromatic nitrogens is 3. The molecule has 0 radical (unpaired) electrons. The third-order valence-electron chi connectivity index (χ3n) is 3.86. The fraction of sp³-hybridized carbons (Fsp3) is 0.235. The highest BCUT2D eigenvalue weighted by atomic mass is 35.5. The van der Waals surface area contributed by atoms with Crippen LogP contribution in [0.4, 0.5) is 5.69 Å². The summed E-state index contributed by atoms with van der Waals surface area (Å²) in [5.74, 6) is 0.130. The number of nitrogens with zero attached hydrogens (tertiary/aromatic N) is 3. The Kier molecular flexibility index (Phi) is 4.40.